The summed E-state index contributed by atoms with van der Waals surface area (Å²) in [6, 6.07) is 0. The van der Waals surface area contributed by atoms with Crippen LogP contribution in [0.25, 0.3) is 0 Å². The molecule has 0 aliphatic rings. The van der Waals surface area contributed by atoms with Crippen LogP contribution in [0.2, 0.25) is 0 Å². The Morgan fingerprint density at radius 2 is 0.450 bits per heavy atom. The molecule has 0 aromatic rings. The molecular weight excluding hydrogens is 985 g/mol. The molecule has 0 aromatic heterocycles. The minimum absolute atomic E-state index is 0.0707. The molecule has 0 heterocycles. The van der Waals surface area contributed by atoms with Crippen molar-refractivity contribution in [2.24, 2.45) is 0 Å². The fraction of sp³-hybridized carbons (Fsp3) is 0.905. The number of hydrogen-bond acceptors (Lipinski definition) is 6. The van der Waals surface area contributed by atoms with E-state index in [0.717, 1.165) is 77.0 Å². The van der Waals surface area contributed by atoms with E-state index in [9.17, 15) is 14.4 Å². The van der Waals surface area contributed by atoms with E-state index < -0.39 is 6.10 Å². The van der Waals surface area contributed by atoms with Crippen LogP contribution in [0.4, 0.5) is 0 Å². The summed E-state index contributed by atoms with van der Waals surface area (Å²) in [7, 11) is 0. The van der Waals surface area contributed by atoms with Crippen molar-refractivity contribution >= 4 is 17.9 Å². The quantitative estimate of drug-likeness (QED) is 0.0261. The first-order valence-corrected chi connectivity index (χ1v) is 36.3. The van der Waals surface area contributed by atoms with Gasteiger partial charge in [0.2, 0.25) is 0 Å². The van der Waals surface area contributed by atoms with Crippen LogP contribution < -0.4 is 0 Å². The number of rotatable bonds is 68. The van der Waals surface area contributed by atoms with Crippen LogP contribution in [0, 0.1) is 0 Å². The van der Waals surface area contributed by atoms with Gasteiger partial charge >= 0.3 is 17.9 Å². The minimum Gasteiger partial charge on any atom is -0.462 e. The van der Waals surface area contributed by atoms with Gasteiger partial charge in [-0.1, -0.05) is 366 Å². The summed E-state index contributed by atoms with van der Waals surface area (Å²) in [5.74, 6) is -0.853. The molecule has 0 spiro atoms. The molecule has 80 heavy (non-hydrogen) atoms. The highest BCUT2D eigenvalue weighted by atomic mass is 16.6. The summed E-state index contributed by atoms with van der Waals surface area (Å²) in [6.07, 6.45) is 85.1. The minimum atomic E-state index is -0.775. The second-order valence-corrected chi connectivity index (χ2v) is 24.9. The zero-order valence-corrected chi connectivity index (χ0v) is 54.4. The van der Waals surface area contributed by atoms with Gasteiger partial charge in [0.1, 0.15) is 13.2 Å². The van der Waals surface area contributed by atoms with Crippen LogP contribution in [0.1, 0.15) is 412 Å². The summed E-state index contributed by atoms with van der Waals surface area (Å²) < 4.78 is 17.0. The van der Waals surface area contributed by atoms with E-state index in [4.69, 9.17) is 14.2 Å². The topological polar surface area (TPSA) is 78.9 Å². The number of allylic oxidation sites excluding steroid dienone is 4. The van der Waals surface area contributed by atoms with Crippen molar-refractivity contribution in [2.75, 3.05) is 13.2 Å². The van der Waals surface area contributed by atoms with Crippen LogP contribution in [0.5, 0.6) is 0 Å². The van der Waals surface area contributed by atoms with E-state index in [1.165, 1.54) is 295 Å². The number of carbonyl (C=O) groups excluding carboxylic acids is 3. The summed E-state index contributed by atoms with van der Waals surface area (Å²) in [5.41, 5.74) is 0. The average molecular weight is 1130 g/mol. The number of unbranched alkanes of at least 4 members (excludes halogenated alkanes) is 53. The molecule has 1 unspecified atom stereocenters. The molecule has 0 aromatic carbocycles. The number of hydrogen-bond donors (Lipinski definition) is 0. The van der Waals surface area contributed by atoms with Gasteiger partial charge in [-0.25, -0.2) is 0 Å². The van der Waals surface area contributed by atoms with Gasteiger partial charge < -0.3 is 14.2 Å². The maximum Gasteiger partial charge on any atom is 0.306 e. The molecule has 1 atom stereocenters. The molecule has 0 aliphatic heterocycles. The highest BCUT2D eigenvalue weighted by Gasteiger charge is 2.19. The first kappa shape index (κ1) is 77.9. The highest BCUT2D eigenvalue weighted by molar-refractivity contribution is 5.71. The summed E-state index contributed by atoms with van der Waals surface area (Å²) in [6.45, 7) is 6.69. The molecule has 0 bridgehead atoms. The molecule has 0 fully saturated rings. The molecule has 0 amide bonds. The van der Waals surface area contributed by atoms with E-state index in [1.807, 2.05) is 0 Å². The summed E-state index contributed by atoms with van der Waals surface area (Å²) in [4.78, 5) is 38.4. The predicted molar refractivity (Wildman–Crippen MR) is 349 cm³/mol. The molecule has 472 valence electrons. The second kappa shape index (κ2) is 69.4. The monoisotopic (exact) mass is 1130 g/mol. The molecule has 0 N–H and O–H groups in total. The van der Waals surface area contributed by atoms with E-state index in [1.54, 1.807) is 0 Å². The van der Waals surface area contributed by atoms with Crippen LogP contribution in [0.15, 0.2) is 24.3 Å². The van der Waals surface area contributed by atoms with Crippen LogP contribution in [0.3, 0.4) is 0 Å². The third kappa shape index (κ3) is 66.7. The number of carbonyl (C=O) groups is 3. The zero-order valence-electron chi connectivity index (χ0n) is 54.4. The Labute approximate surface area is 500 Å². The van der Waals surface area contributed by atoms with Gasteiger partial charge in [-0.15, -0.1) is 0 Å². The smallest absolute Gasteiger partial charge is 0.306 e. The Balaban J connectivity index is 4.14. The summed E-state index contributed by atoms with van der Waals surface area (Å²) >= 11 is 0. The first-order valence-electron chi connectivity index (χ1n) is 36.3. The van der Waals surface area contributed by atoms with Crippen molar-refractivity contribution < 1.29 is 28.6 Å². The van der Waals surface area contributed by atoms with Crippen LogP contribution in [-0.2, 0) is 28.6 Å². The van der Waals surface area contributed by atoms with E-state index >= 15 is 0 Å². The summed E-state index contributed by atoms with van der Waals surface area (Å²) in [5, 5.41) is 0. The normalized spacial score (nSPS) is 12.1. The van der Waals surface area contributed by atoms with Crippen molar-refractivity contribution in [3.63, 3.8) is 0 Å². The van der Waals surface area contributed by atoms with Crippen molar-refractivity contribution in [1.82, 2.24) is 0 Å². The molecule has 0 aliphatic carbocycles. The van der Waals surface area contributed by atoms with Gasteiger partial charge in [-0.3, -0.25) is 14.4 Å². The van der Waals surface area contributed by atoms with Crippen molar-refractivity contribution in [2.45, 2.75) is 419 Å². The Hall–Kier alpha value is -2.11. The Morgan fingerprint density at radius 3 is 0.700 bits per heavy atom. The van der Waals surface area contributed by atoms with Crippen molar-refractivity contribution in [1.29, 1.82) is 0 Å². The van der Waals surface area contributed by atoms with E-state index in [0.29, 0.717) is 19.3 Å². The number of esters is 3. The second-order valence-electron chi connectivity index (χ2n) is 24.9. The molecule has 0 radical (unpaired) electrons. The first-order chi connectivity index (χ1) is 39.5. The van der Waals surface area contributed by atoms with Gasteiger partial charge in [0.25, 0.3) is 0 Å². The lowest BCUT2D eigenvalue weighted by Crippen LogP contribution is -2.30. The largest absolute Gasteiger partial charge is 0.462 e. The molecule has 0 saturated heterocycles. The van der Waals surface area contributed by atoms with Gasteiger partial charge in [0.05, 0.1) is 0 Å². The average Bonchev–Trinajstić information content (AvgIpc) is 3.46. The maximum absolute atomic E-state index is 12.9. The lowest BCUT2D eigenvalue weighted by atomic mass is 10.0. The molecule has 0 saturated carbocycles. The van der Waals surface area contributed by atoms with Gasteiger partial charge in [0.15, 0.2) is 6.10 Å². The molecule has 6 heteroatoms. The van der Waals surface area contributed by atoms with Crippen LogP contribution in [-0.4, -0.2) is 37.2 Å². The fourth-order valence-corrected chi connectivity index (χ4v) is 11.2. The van der Waals surface area contributed by atoms with E-state index in [-0.39, 0.29) is 31.1 Å². The van der Waals surface area contributed by atoms with Crippen LogP contribution >= 0.6 is 0 Å². The predicted octanol–water partition coefficient (Wildman–Crippen LogP) is 25.0. The molecule has 6 nitrogen and oxygen atoms in total. The van der Waals surface area contributed by atoms with Gasteiger partial charge in [-0.05, 0) is 51.4 Å². The SMILES string of the molecule is CCCCCC/C=C\C/C=C\CCCCCCCC(=O)OC(COC(=O)CCCCCCCCCCCCCCCCC)COC(=O)CCCCCCCCCCCCCCCCCCCCCCCCCCCCCCCCC. The Kier molecular flexibility index (Phi) is 67.6. The van der Waals surface area contributed by atoms with E-state index in [2.05, 4.69) is 45.1 Å². The lowest BCUT2D eigenvalue weighted by molar-refractivity contribution is -0.167. The van der Waals surface area contributed by atoms with Crippen molar-refractivity contribution in [3.8, 4) is 0 Å². The molecule has 0 rings (SSSR count). The Morgan fingerprint density at radius 1 is 0.250 bits per heavy atom. The third-order valence-corrected chi connectivity index (χ3v) is 16.7. The fourth-order valence-electron chi connectivity index (χ4n) is 11.2. The zero-order chi connectivity index (χ0) is 57.8. The Bertz CT molecular complexity index is 1290. The third-order valence-electron chi connectivity index (χ3n) is 16.7. The standard InChI is InChI=1S/C74H140O6/c1-4-7-10-13-16-19-22-25-28-30-31-32-33-34-35-36-37-38-39-40-41-42-43-44-47-49-52-55-58-61-64-67-73(76)79-70-71(69-78-72(75)66-63-60-57-54-51-48-45-27-24-21-18-15-12-9-6-3)80-74(77)68-65-62-59-56-53-50-46-29-26-23-20-17-14-11-8-5-2/h20,23,29,46,71H,4-19,21-22,24-28,30-45,47-70H2,1-3H3/b23-20-,46-29-. The van der Waals surface area contributed by atoms with Crippen molar-refractivity contribution in [3.05, 3.63) is 24.3 Å². The lowest BCUT2D eigenvalue weighted by Gasteiger charge is -2.18. The number of ether oxygens (including phenoxy) is 3. The maximum atomic E-state index is 12.9. The van der Waals surface area contributed by atoms with Gasteiger partial charge in [-0.2, -0.15) is 0 Å². The molecular formula is C74H140O6. The highest BCUT2D eigenvalue weighted by Crippen LogP contribution is 2.19. The van der Waals surface area contributed by atoms with Gasteiger partial charge in [0, 0.05) is 19.3 Å².